The number of anilines is 1. The van der Waals surface area contributed by atoms with Crippen molar-refractivity contribution in [3.8, 4) is 0 Å². The number of nitrogens with zero attached hydrogens (tertiary/aromatic N) is 2. The van der Waals surface area contributed by atoms with Gasteiger partial charge in [-0.3, -0.25) is 9.59 Å². The van der Waals surface area contributed by atoms with Gasteiger partial charge in [0.05, 0.1) is 0 Å². The van der Waals surface area contributed by atoms with Gasteiger partial charge < -0.3 is 10.2 Å². The first-order valence-corrected chi connectivity index (χ1v) is 5.83. The molecule has 1 aromatic rings. The van der Waals surface area contributed by atoms with E-state index in [-0.39, 0.29) is 11.8 Å². The minimum atomic E-state index is -0.230. The number of pyridine rings is 1. The van der Waals surface area contributed by atoms with Crippen molar-refractivity contribution in [1.29, 1.82) is 0 Å². The third kappa shape index (κ3) is 4.39. The number of carbonyl (C=O) groups is 2. The summed E-state index contributed by atoms with van der Waals surface area (Å²) in [6.45, 7) is 9.49. The molecule has 0 unspecified atom stereocenters. The zero-order valence-electron chi connectivity index (χ0n) is 10.9. The molecular weight excluding hydrogens is 242 g/mol. The van der Waals surface area contributed by atoms with Gasteiger partial charge >= 0.3 is 0 Å². The molecule has 0 saturated carbocycles. The lowest BCUT2D eigenvalue weighted by Crippen LogP contribution is -2.31. The fourth-order valence-corrected chi connectivity index (χ4v) is 1.55. The lowest BCUT2D eigenvalue weighted by atomic mass is 10.2. The summed E-state index contributed by atoms with van der Waals surface area (Å²) in [5.74, 6) is -0.0320. The Morgan fingerprint density at radius 2 is 2.00 bits per heavy atom. The number of nitrogens with one attached hydrogen (secondary N) is 1. The number of carbonyl (C=O) groups excluding carboxylic acids is 2. The van der Waals surface area contributed by atoms with E-state index in [2.05, 4.69) is 23.5 Å². The highest BCUT2D eigenvalue weighted by Crippen LogP contribution is 2.10. The van der Waals surface area contributed by atoms with Crippen molar-refractivity contribution in [1.82, 2.24) is 9.88 Å². The van der Waals surface area contributed by atoms with E-state index in [1.165, 1.54) is 13.1 Å². The van der Waals surface area contributed by atoms with E-state index in [4.69, 9.17) is 0 Å². The highest BCUT2D eigenvalue weighted by Gasteiger charge is 2.14. The Kier molecular flexibility index (Phi) is 5.47. The average Bonchev–Trinajstić information content (AvgIpc) is 2.37. The van der Waals surface area contributed by atoms with Crippen LogP contribution in [0, 0.1) is 0 Å². The predicted molar refractivity (Wildman–Crippen MR) is 74.8 cm³/mol. The van der Waals surface area contributed by atoms with E-state index in [0.717, 1.165) is 0 Å². The van der Waals surface area contributed by atoms with Crippen molar-refractivity contribution in [2.45, 2.75) is 6.92 Å². The minimum Gasteiger partial charge on any atom is -0.331 e. The van der Waals surface area contributed by atoms with Crippen molar-refractivity contribution in [2.24, 2.45) is 0 Å². The monoisotopic (exact) mass is 259 g/mol. The summed E-state index contributed by atoms with van der Waals surface area (Å²) in [5, 5.41) is 2.54. The quantitative estimate of drug-likeness (QED) is 0.793. The molecule has 5 heteroatoms. The van der Waals surface area contributed by atoms with Crippen molar-refractivity contribution in [3.63, 3.8) is 0 Å². The van der Waals surface area contributed by atoms with Gasteiger partial charge in [0.15, 0.2) is 0 Å². The topological polar surface area (TPSA) is 62.3 Å². The standard InChI is InChI=1S/C14H17N3O2/c1-4-8-17(9-5-2)14(19)12-6-7-15-13(10-12)16-11(3)18/h4-7,10H,1-2,8-9H2,3H3,(H,15,16,18). The third-order valence-corrected chi connectivity index (χ3v) is 2.30. The molecule has 0 atom stereocenters. The molecule has 0 aliphatic carbocycles. The Balaban J connectivity index is 2.93. The lowest BCUT2D eigenvalue weighted by molar-refractivity contribution is -0.114. The van der Waals surface area contributed by atoms with Gasteiger partial charge in [0.25, 0.3) is 5.91 Å². The molecule has 1 N–H and O–H groups in total. The first-order valence-electron chi connectivity index (χ1n) is 5.83. The largest absolute Gasteiger partial charge is 0.331 e. The Labute approximate surface area is 112 Å². The number of rotatable bonds is 6. The number of amides is 2. The van der Waals surface area contributed by atoms with Gasteiger partial charge in [-0.15, -0.1) is 13.2 Å². The van der Waals surface area contributed by atoms with Crippen LogP contribution < -0.4 is 5.32 Å². The van der Waals surface area contributed by atoms with Crippen LogP contribution in [0.15, 0.2) is 43.6 Å². The van der Waals surface area contributed by atoms with Crippen LogP contribution in [0.25, 0.3) is 0 Å². The summed E-state index contributed by atoms with van der Waals surface area (Å²) < 4.78 is 0. The Morgan fingerprint density at radius 3 is 2.53 bits per heavy atom. The third-order valence-electron chi connectivity index (χ3n) is 2.30. The predicted octanol–water partition coefficient (Wildman–Crippen LogP) is 1.85. The number of aromatic nitrogens is 1. The zero-order chi connectivity index (χ0) is 14.3. The Hall–Kier alpha value is -2.43. The second-order valence-electron chi connectivity index (χ2n) is 3.90. The van der Waals surface area contributed by atoms with Gasteiger partial charge in [0.2, 0.25) is 5.91 Å². The van der Waals surface area contributed by atoms with Crippen molar-refractivity contribution in [3.05, 3.63) is 49.2 Å². The summed E-state index contributed by atoms with van der Waals surface area (Å²) in [4.78, 5) is 28.8. The highest BCUT2D eigenvalue weighted by atomic mass is 16.2. The van der Waals surface area contributed by atoms with E-state index < -0.39 is 0 Å². The van der Waals surface area contributed by atoms with Crippen LogP contribution in [0.2, 0.25) is 0 Å². The SMILES string of the molecule is C=CCN(CC=C)C(=O)c1ccnc(NC(C)=O)c1. The summed E-state index contributed by atoms with van der Waals surface area (Å²) in [6.07, 6.45) is 4.78. The second kappa shape index (κ2) is 7.10. The summed E-state index contributed by atoms with van der Waals surface area (Å²) in [5.41, 5.74) is 0.461. The molecule has 1 aromatic heterocycles. The molecule has 0 aliphatic heterocycles. The normalized spacial score (nSPS) is 9.53. The molecular formula is C14H17N3O2. The maximum absolute atomic E-state index is 12.3. The van der Waals surface area contributed by atoms with Crippen LogP contribution in [0.1, 0.15) is 17.3 Å². The van der Waals surface area contributed by atoms with Crippen molar-refractivity contribution >= 4 is 17.6 Å². The maximum Gasteiger partial charge on any atom is 0.254 e. The fraction of sp³-hybridized carbons (Fsp3) is 0.214. The first kappa shape index (κ1) is 14.6. The van der Waals surface area contributed by atoms with E-state index in [1.54, 1.807) is 29.2 Å². The molecule has 0 spiro atoms. The van der Waals surface area contributed by atoms with E-state index >= 15 is 0 Å². The van der Waals surface area contributed by atoms with Gasteiger partial charge in [-0.1, -0.05) is 12.2 Å². The molecule has 0 bridgehead atoms. The van der Waals surface area contributed by atoms with Crippen LogP contribution in [-0.2, 0) is 4.79 Å². The summed E-state index contributed by atoms with van der Waals surface area (Å²) >= 11 is 0. The molecule has 0 fully saturated rings. The maximum atomic E-state index is 12.3. The zero-order valence-corrected chi connectivity index (χ0v) is 10.9. The van der Waals surface area contributed by atoms with Crippen molar-refractivity contribution < 1.29 is 9.59 Å². The molecule has 0 saturated heterocycles. The minimum absolute atomic E-state index is 0.159. The van der Waals surface area contributed by atoms with Gasteiger partial charge in [0.1, 0.15) is 5.82 Å². The first-order chi connectivity index (χ1) is 9.08. The molecule has 100 valence electrons. The number of hydrogen-bond donors (Lipinski definition) is 1. The van der Waals surface area contributed by atoms with Crippen LogP contribution in [0.5, 0.6) is 0 Å². The van der Waals surface area contributed by atoms with Crippen LogP contribution in [0.3, 0.4) is 0 Å². The van der Waals surface area contributed by atoms with Crippen molar-refractivity contribution in [2.75, 3.05) is 18.4 Å². The molecule has 19 heavy (non-hydrogen) atoms. The lowest BCUT2D eigenvalue weighted by Gasteiger charge is -2.19. The average molecular weight is 259 g/mol. The number of hydrogen-bond acceptors (Lipinski definition) is 3. The van der Waals surface area contributed by atoms with Crippen LogP contribution >= 0.6 is 0 Å². The molecule has 1 heterocycles. The second-order valence-corrected chi connectivity index (χ2v) is 3.90. The smallest absolute Gasteiger partial charge is 0.254 e. The van der Waals surface area contributed by atoms with Gasteiger partial charge in [-0.2, -0.15) is 0 Å². The van der Waals surface area contributed by atoms with E-state index in [1.807, 2.05) is 0 Å². The molecule has 5 nitrogen and oxygen atoms in total. The van der Waals surface area contributed by atoms with Crippen LogP contribution in [0.4, 0.5) is 5.82 Å². The highest BCUT2D eigenvalue weighted by molar-refractivity contribution is 5.96. The molecule has 1 rings (SSSR count). The van der Waals surface area contributed by atoms with Crippen LogP contribution in [-0.4, -0.2) is 34.8 Å². The molecule has 0 aromatic carbocycles. The summed E-state index contributed by atoms with van der Waals surface area (Å²) in [7, 11) is 0. The summed E-state index contributed by atoms with van der Waals surface area (Å²) in [6, 6.07) is 3.15. The molecule has 0 radical (unpaired) electrons. The van der Waals surface area contributed by atoms with Gasteiger partial charge in [-0.25, -0.2) is 4.98 Å². The van der Waals surface area contributed by atoms with E-state index in [0.29, 0.717) is 24.5 Å². The molecule has 0 aliphatic rings. The fourth-order valence-electron chi connectivity index (χ4n) is 1.55. The van der Waals surface area contributed by atoms with E-state index in [9.17, 15) is 9.59 Å². The molecule has 2 amide bonds. The van der Waals surface area contributed by atoms with Gasteiger partial charge in [-0.05, 0) is 12.1 Å². The Morgan fingerprint density at radius 1 is 1.37 bits per heavy atom. The van der Waals surface area contributed by atoms with Gasteiger partial charge in [0, 0.05) is 31.8 Å². The Bertz CT molecular complexity index is 487.